The number of anilines is 2. The Morgan fingerprint density at radius 3 is 2.48 bits per heavy atom. The van der Waals surface area contributed by atoms with Gasteiger partial charge in [0, 0.05) is 43.8 Å². The van der Waals surface area contributed by atoms with E-state index in [-0.39, 0.29) is 11.8 Å². The number of halogens is 1. The Morgan fingerprint density at radius 1 is 1.15 bits per heavy atom. The molecule has 1 saturated heterocycles. The highest BCUT2D eigenvalue weighted by atomic mass is 19.1. The van der Waals surface area contributed by atoms with Gasteiger partial charge < -0.3 is 19.5 Å². The number of rotatable bonds is 4. The monoisotopic (exact) mass is 373 g/mol. The Labute approximate surface area is 157 Å². The van der Waals surface area contributed by atoms with Gasteiger partial charge in [-0.2, -0.15) is 0 Å². The molecule has 1 aliphatic carbocycles. The smallest absolute Gasteiger partial charge is 0.210 e. The van der Waals surface area contributed by atoms with E-state index in [2.05, 4.69) is 4.90 Å². The van der Waals surface area contributed by atoms with E-state index in [4.69, 9.17) is 0 Å². The number of carbonyl (C=O) groups excluding carboxylic acids is 3. The zero-order chi connectivity index (χ0) is 19.3. The molecule has 2 unspecified atom stereocenters. The van der Waals surface area contributed by atoms with Crippen LogP contribution in [0.3, 0.4) is 0 Å². The van der Waals surface area contributed by atoms with Crippen LogP contribution in [-0.2, 0) is 9.59 Å². The standard InChI is InChI=1S/C20H24FN3O3/c1-12-8-22(5-6-23(12)11-26)17-7-16-18(13(2)19(17)21)20(27)14(10-25)9-24(16)15-3-4-15/h7,10-12,14-15H,3-6,8-9H2,1-2H3. The Kier molecular flexibility index (Phi) is 4.40. The fourth-order valence-corrected chi connectivity index (χ4v) is 4.29. The molecule has 1 aromatic rings. The molecular formula is C20H24FN3O3. The Hall–Kier alpha value is -2.44. The molecule has 4 rings (SSSR count). The second kappa shape index (κ2) is 6.62. The SMILES string of the molecule is Cc1c(F)c(N2CCN(C=O)C(C)C2)cc2c1C(=O)C(C=O)CN2C1CC1. The largest absolute Gasteiger partial charge is 0.367 e. The third-order valence-corrected chi connectivity index (χ3v) is 6.05. The Bertz CT molecular complexity index is 808. The van der Waals surface area contributed by atoms with Gasteiger partial charge in [-0.25, -0.2) is 4.39 Å². The molecule has 0 radical (unpaired) electrons. The van der Waals surface area contributed by atoms with Crippen molar-refractivity contribution in [3.05, 3.63) is 23.0 Å². The summed E-state index contributed by atoms with van der Waals surface area (Å²) in [5.74, 6) is -1.41. The average molecular weight is 373 g/mol. The van der Waals surface area contributed by atoms with Crippen LogP contribution < -0.4 is 9.80 Å². The normalized spacial score (nSPS) is 25.4. The van der Waals surface area contributed by atoms with E-state index in [1.165, 1.54) is 0 Å². The number of amides is 1. The van der Waals surface area contributed by atoms with Crippen LogP contribution in [-0.4, -0.2) is 61.6 Å². The number of ketones is 1. The van der Waals surface area contributed by atoms with E-state index in [0.717, 1.165) is 24.9 Å². The molecular weight excluding hydrogens is 349 g/mol. The number of hydrogen-bond donors (Lipinski definition) is 0. The average Bonchev–Trinajstić information content (AvgIpc) is 3.49. The molecule has 3 aliphatic rings. The third kappa shape index (κ3) is 2.89. The molecule has 0 aromatic heterocycles. The molecule has 1 saturated carbocycles. The highest BCUT2D eigenvalue weighted by Gasteiger charge is 2.41. The first kappa shape index (κ1) is 17.9. The number of fused-ring (bicyclic) bond motifs is 1. The number of piperazine rings is 1. The van der Waals surface area contributed by atoms with Crippen molar-refractivity contribution in [2.75, 3.05) is 36.0 Å². The van der Waals surface area contributed by atoms with Crippen LogP contribution in [0.2, 0.25) is 0 Å². The molecule has 1 aromatic carbocycles. The summed E-state index contributed by atoms with van der Waals surface area (Å²) in [4.78, 5) is 41.0. The fourth-order valence-electron chi connectivity index (χ4n) is 4.29. The number of hydrogen-bond acceptors (Lipinski definition) is 5. The summed E-state index contributed by atoms with van der Waals surface area (Å²) in [5.41, 5.74) is 1.90. The van der Waals surface area contributed by atoms with Crippen molar-refractivity contribution in [1.82, 2.24) is 4.90 Å². The molecule has 0 spiro atoms. The highest BCUT2D eigenvalue weighted by Crippen LogP contribution is 2.43. The van der Waals surface area contributed by atoms with Gasteiger partial charge in [0.15, 0.2) is 5.78 Å². The summed E-state index contributed by atoms with van der Waals surface area (Å²) in [7, 11) is 0. The number of benzene rings is 1. The van der Waals surface area contributed by atoms with Crippen molar-refractivity contribution in [1.29, 1.82) is 0 Å². The van der Waals surface area contributed by atoms with Gasteiger partial charge in [0.1, 0.15) is 12.1 Å². The lowest BCUT2D eigenvalue weighted by Gasteiger charge is -2.41. The van der Waals surface area contributed by atoms with Crippen molar-refractivity contribution >= 4 is 29.9 Å². The third-order valence-electron chi connectivity index (χ3n) is 6.05. The summed E-state index contributed by atoms with van der Waals surface area (Å²) in [6, 6.07) is 2.09. The number of Topliss-reactive ketones (excluding diaryl/α,β-unsaturated/α-hetero) is 1. The predicted octanol–water partition coefficient (Wildman–Crippen LogP) is 1.78. The maximum atomic E-state index is 15.2. The van der Waals surface area contributed by atoms with Crippen LogP contribution in [0.25, 0.3) is 0 Å². The number of nitrogens with zero attached hydrogens (tertiary/aromatic N) is 3. The molecule has 7 heteroatoms. The van der Waals surface area contributed by atoms with E-state index in [1.54, 1.807) is 17.9 Å². The molecule has 6 nitrogen and oxygen atoms in total. The molecule has 1 amide bonds. The van der Waals surface area contributed by atoms with Crippen molar-refractivity contribution in [3.63, 3.8) is 0 Å². The van der Waals surface area contributed by atoms with Crippen molar-refractivity contribution in [3.8, 4) is 0 Å². The quantitative estimate of drug-likeness (QED) is 0.595. The van der Waals surface area contributed by atoms with Crippen molar-refractivity contribution in [2.45, 2.75) is 38.8 Å². The highest BCUT2D eigenvalue weighted by molar-refractivity contribution is 6.12. The first-order valence-electron chi connectivity index (χ1n) is 9.51. The lowest BCUT2D eigenvalue weighted by Crippen LogP contribution is -2.51. The van der Waals surface area contributed by atoms with Crippen LogP contribution in [0.1, 0.15) is 35.7 Å². The van der Waals surface area contributed by atoms with Crippen molar-refractivity contribution < 1.29 is 18.8 Å². The lowest BCUT2D eigenvalue weighted by atomic mass is 9.88. The molecule has 144 valence electrons. The zero-order valence-corrected chi connectivity index (χ0v) is 15.7. The summed E-state index contributed by atoms with van der Waals surface area (Å²) in [6.45, 7) is 5.57. The molecule has 2 fully saturated rings. The second-order valence-electron chi connectivity index (χ2n) is 7.86. The summed E-state index contributed by atoms with van der Waals surface area (Å²) in [5, 5.41) is 0. The van der Waals surface area contributed by atoms with Crippen LogP contribution in [0, 0.1) is 18.7 Å². The van der Waals surface area contributed by atoms with E-state index in [9.17, 15) is 14.4 Å². The summed E-state index contributed by atoms with van der Waals surface area (Å²) < 4.78 is 15.2. The van der Waals surface area contributed by atoms with Gasteiger partial charge in [0.25, 0.3) is 0 Å². The minimum absolute atomic E-state index is 0.00685. The van der Waals surface area contributed by atoms with Gasteiger partial charge >= 0.3 is 0 Å². The summed E-state index contributed by atoms with van der Waals surface area (Å²) >= 11 is 0. The van der Waals surface area contributed by atoms with Gasteiger partial charge in [0.05, 0.1) is 17.3 Å². The minimum atomic E-state index is -0.724. The fraction of sp³-hybridized carbons (Fsp3) is 0.550. The van der Waals surface area contributed by atoms with Gasteiger partial charge in [0.2, 0.25) is 6.41 Å². The van der Waals surface area contributed by atoms with Gasteiger partial charge in [-0.3, -0.25) is 9.59 Å². The van der Waals surface area contributed by atoms with Crippen LogP contribution in [0.4, 0.5) is 15.8 Å². The van der Waals surface area contributed by atoms with Crippen LogP contribution >= 0.6 is 0 Å². The first-order valence-corrected chi connectivity index (χ1v) is 9.51. The first-order chi connectivity index (χ1) is 13.0. The predicted molar refractivity (Wildman–Crippen MR) is 99.8 cm³/mol. The van der Waals surface area contributed by atoms with Gasteiger partial charge in [-0.05, 0) is 38.3 Å². The Balaban J connectivity index is 1.77. The minimum Gasteiger partial charge on any atom is -0.367 e. The molecule has 0 bridgehead atoms. The maximum absolute atomic E-state index is 15.2. The van der Waals surface area contributed by atoms with E-state index in [0.29, 0.717) is 55.3 Å². The van der Waals surface area contributed by atoms with Crippen LogP contribution in [0.15, 0.2) is 6.07 Å². The molecule has 27 heavy (non-hydrogen) atoms. The zero-order valence-electron chi connectivity index (χ0n) is 15.7. The Morgan fingerprint density at radius 2 is 1.89 bits per heavy atom. The number of carbonyl (C=O) groups is 3. The van der Waals surface area contributed by atoms with Gasteiger partial charge in [-0.15, -0.1) is 0 Å². The second-order valence-corrected chi connectivity index (χ2v) is 7.86. The maximum Gasteiger partial charge on any atom is 0.210 e. The van der Waals surface area contributed by atoms with Crippen molar-refractivity contribution in [2.24, 2.45) is 5.92 Å². The van der Waals surface area contributed by atoms with E-state index >= 15 is 4.39 Å². The lowest BCUT2D eigenvalue weighted by molar-refractivity contribution is -0.120. The van der Waals surface area contributed by atoms with E-state index < -0.39 is 11.7 Å². The molecule has 2 aliphatic heterocycles. The topological polar surface area (TPSA) is 60.9 Å². The van der Waals surface area contributed by atoms with Crippen LogP contribution in [0.5, 0.6) is 0 Å². The van der Waals surface area contributed by atoms with E-state index in [1.807, 2.05) is 11.8 Å². The van der Waals surface area contributed by atoms with Gasteiger partial charge in [-0.1, -0.05) is 0 Å². The summed E-state index contributed by atoms with van der Waals surface area (Å²) in [6.07, 6.45) is 3.58. The number of aldehydes is 1. The molecule has 2 atom stereocenters. The molecule has 0 N–H and O–H groups in total. The molecule has 2 heterocycles.